The molecule has 0 atom stereocenters. The second-order valence-electron chi connectivity index (χ2n) is 7.52. The quantitative estimate of drug-likeness (QED) is 0.270. The molecule has 1 aromatic heterocycles. The topological polar surface area (TPSA) is 86.1 Å². The summed E-state index contributed by atoms with van der Waals surface area (Å²) in [5, 5.41) is 11.9. The van der Waals surface area contributed by atoms with Crippen molar-refractivity contribution in [3.8, 4) is 5.75 Å². The number of methoxy groups -OCH3 is 1. The average molecular weight is 339 g/mol. The van der Waals surface area contributed by atoms with Crippen molar-refractivity contribution < 1.29 is 19.4 Å². The third-order valence-electron chi connectivity index (χ3n) is 3.20. The zero-order chi connectivity index (χ0) is 18.4. The molecular formula is C17H29N3O4. The summed E-state index contributed by atoms with van der Waals surface area (Å²) in [6, 6.07) is 0. The maximum atomic E-state index is 8.83. The lowest BCUT2D eigenvalue weighted by atomic mass is 9.85. The fourth-order valence-corrected chi connectivity index (χ4v) is 2.03. The van der Waals surface area contributed by atoms with Crippen molar-refractivity contribution in [3.63, 3.8) is 0 Å². The van der Waals surface area contributed by atoms with Crippen LogP contribution >= 0.6 is 0 Å². The van der Waals surface area contributed by atoms with Crippen molar-refractivity contribution >= 4 is 6.21 Å². The van der Waals surface area contributed by atoms with E-state index in [9.17, 15) is 0 Å². The minimum absolute atomic E-state index is 0.0896. The summed E-state index contributed by atoms with van der Waals surface area (Å²) in [7, 11) is 1.62. The Morgan fingerprint density at radius 2 is 1.54 bits per heavy atom. The van der Waals surface area contributed by atoms with E-state index in [1.165, 1.54) is 6.21 Å². The molecule has 1 N–H and O–H groups in total. The molecule has 0 radical (unpaired) electrons. The normalized spacial score (nSPS) is 12.8. The van der Waals surface area contributed by atoms with Crippen molar-refractivity contribution in [2.24, 2.45) is 5.16 Å². The van der Waals surface area contributed by atoms with E-state index in [0.29, 0.717) is 24.8 Å². The molecule has 136 valence electrons. The first kappa shape index (κ1) is 20.3. The van der Waals surface area contributed by atoms with Crippen LogP contribution < -0.4 is 4.74 Å². The molecule has 24 heavy (non-hydrogen) atoms. The summed E-state index contributed by atoms with van der Waals surface area (Å²) in [4.78, 5) is 8.99. The molecular weight excluding hydrogens is 310 g/mol. The minimum Gasteiger partial charge on any atom is -0.464 e. The van der Waals surface area contributed by atoms with Crippen molar-refractivity contribution in [3.05, 3.63) is 17.2 Å². The molecule has 0 aliphatic rings. The predicted molar refractivity (Wildman–Crippen MR) is 92.1 cm³/mol. The van der Waals surface area contributed by atoms with Crippen LogP contribution in [0.25, 0.3) is 0 Å². The largest absolute Gasteiger partial charge is 0.464 e. The van der Waals surface area contributed by atoms with Crippen molar-refractivity contribution in [2.75, 3.05) is 27.1 Å². The number of nitrogens with zero attached hydrogens (tertiary/aromatic N) is 3. The van der Waals surface area contributed by atoms with Crippen LogP contribution in [0.3, 0.4) is 0 Å². The highest BCUT2D eigenvalue weighted by Gasteiger charge is 2.30. The molecule has 0 aromatic carbocycles. The number of rotatable bonds is 7. The van der Waals surface area contributed by atoms with Gasteiger partial charge in [-0.2, -0.15) is 0 Å². The summed E-state index contributed by atoms with van der Waals surface area (Å²) >= 11 is 0. The first-order valence-corrected chi connectivity index (χ1v) is 7.91. The minimum atomic E-state index is -0.275. The Morgan fingerprint density at radius 3 is 1.96 bits per heavy atom. The molecule has 0 unspecified atom stereocenters. The van der Waals surface area contributed by atoms with E-state index in [1.54, 1.807) is 7.11 Å². The van der Waals surface area contributed by atoms with E-state index in [1.807, 2.05) is 41.5 Å². The fourth-order valence-electron chi connectivity index (χ4n) is 2.03. The van der Waals surface area contributed by atoms with Crippen molar-refractivity contribution in [2.45, 2.75) is 52.4 Å². The van der Waals surface area contributed by atoms with Gasteiger partial charge in [-0.05, 0) is 0 Å². The van der Waals surface area contributed by atoms with Gasteiger partial charge in [-0.15, -0.1) is 0 Å². The Hall–Kier alpha value is -1.73. The average Bonchev–Trinajstić information content (AvgIpc) is 2.45. The molecule has 0 aliphatic carbocycles. The predicted octanol–water partition coefficient (Wildman–Crippen LogP) is 2.88. The van der Waals surface area contributed by atoms with Gasteiger partial charge in [-0.1, -0.05) is 46.7 Å². The van der Waals surface area contributed by atoms with Gasteiger partial charge in [0.15, 0.2) is 18.4 Å². The van der Waals surface area contributed by atoms with Crippen molar-refractivity contribution in [1.29, 1.82) is 0 Å². The van der Waals surface area contributed by atoms with Gasteiger partial charge in [0.25, 0.3) is 0 Å². The molecule has 0 saturated carbocycles. The number of hydrogen-bond donors (Lipinski definition) is 1. The number of aromatic nitrogens is 2. The zero-order valence-corrected chi connectivity index (χ0v) is 15.7. The highest BCUT2D eigenvalue weighted by atomic mass is 16.7. The summed E-state index contributed by atoms with van der Waals surface area (Å²) in [5.41, 5.74) is 0.937. The first-order chi connectivity index (χ1) is 11.1. The molecule has 7 heteroatoms. The lowest BCUT2D eigenvalue weighted by Gasteiger charge is -2.28. The lowest BCUT2D eigenvalue weighted by molar-refractivity contribution is -0.0104. The van der Waals surface area contributed by atoms with Gasteiger partial charge in [0.2, 0.25) is 0 Å². The maximum absolute atomic E-state index is 8.83. The smallest absolute Gasteiger partial charge is 0.189 e. The molecule has 0 fully saturated rings. The first-order valence-electron chi connectivity index (χ1n) is 7.91. The number of hydrogen-bond acceptors (Lipinski definition) is 7. The molecule has 1 heterocycles. The summed E-state index contributed by atoms with van der Waals surface area (Å²) in [5.74, 6) is 0.961. The Bertz CT molecular complexity index is 525. The van der Waals surface area contributed by atoms with E-state index in [2.05, 4.69) is 15.1 Å². The van der Waals surface area contributed by atoms with Gasteiger partial charge in [-0.3, -0.25) is 0 Å². The lowest BCUT2D eigenvalue weighted by Crippen LogP contribution is -2.25. The zero-order valence-electron chi connectivity index (χ0n) is 15.7. The monoisotopic (exact) mass is 339 g/mol. The van der Waals surface area contributed by atoms with Crippen LogP contribution in [-0.4, -0.2) is 48.5 Å². The van der Waals surface area contributed by atoms with Crippen LogP contribution in [0.2, 0.25) is 0 Å². The second kappa shape index (κ2) is 8.39. The third kappa shape index (κ3) is 5.72. The van der Waals surface area contributed by atoms with Crippen LogP contribution in [0.4, 0.5) is 0 Å². The maximum Gasteiger partial charge on any atom is 0.189 e. The van der Waals surface area contributed by atoms with Gasteiger partial charge < -0.3 is 19.4 Å². The summed E-state index contributed by atoms with van der Waals surface area (Å²) in [6.45, 7) is 13.3. The van der Waals surface area contributed by atoms with E-state index < -0.39 is 0 Å². The molecule has 0 bridgehead atoms. The van der Waals surface area contributed by atoms with Gasteiger partial charge in [0.05, 0.1) is 24.6 Å². The molecule has 0 saturated heterocycles. The van der Waals surface area contributed by atoms with Crippen LogP contribution in [0.5, 0.6) is 5.75 Å². The summed E-state index contributed by atoms with van der Waals surface area (Å²) in [6.07, 6.45) is 1.23. The van der Waals surface area contributed by atoms with Crippen LogP contribution in [0.15, 0.2) is 5.16 Å². The van der Waals surface area contributed by atoms with Crippen LogP contribution in [0.1, 0.15) is 58.8 Å². The Morgan fingerprint density at radius 1 is 1.00 bits per heavy atom. The van der Waals surface area contributed by atoms with Gasteiger partial charge in [-0.25, -0.2) is 9.97 Å². The highest BCUT2D eigenvalue weighted by molar-refractivity contribution is 5.74. The molecule has 1 rings (SSSR count). The van der Waals surface area contributed by atoms with Crippen LogP contribution in [0, 0.1) is 0 Å². The Kier molecular flexibility index (Phi) is 7.10. The highest BCUT2D eigenvalue weighted by Crippen LogP contribution is 2.37. The summed E-state index contributed by atoms with van der Waals surface area (Å²) < 4.78 is 16.3. The Balaban J connectivity index is 3.29. The third-order valence-corrected chi connectivity index (χ3v) is 3.20. The SMILES string of the molecule is COCCOCOc1c(C(C)(C)C)nc(C=NO)nc1C(C)(C)C. The second-order valence-corrected chi connectivity index (χ2v) is 7.52. The Labute approximate surface area is 144 Å². The van der Waals surface area contributed by atoms with E-state index in [-0.39, 0.29) is 17.6 Å². The van der Waals surface area contributed by atoms with E-state index >= 15 is 0 Å². The van der Waals surface area contributed by atoms with E-state index in [0.717, 1.165) is 11.4 Å². The molecule has 0 aliphatic heterocycles. The molecule has 1 aromatic rings. The van der Waals surface area contributed by atoms with Crippen LogP contribution in [-0.2, 0) is 20.3 Å². The fraction of sp³-hybridized carbons (Fsp3) is 0.706. The van der Waals surface area contributed by atoms with E-state index in [4.69, 9.17) is 19.4 Å². The van der Waals surface area contributed by atoms with Crippen molar-refractivity contribution in [1.82, 2.24) is 9.97 Å². The molecule has 7 nitrogen and oxygen atoms in total. The van der Waals surface area contributed by atoms with Gasteiger partial charge in [0, 0.05) is 17.9 Å². The molecule has 0 spiro atoms. The number of ether oxygens (including phenoxy) is 3. The van der Waals surface area contributed by atoms with Gasteiger partial charge >= 0.3 is 0 Å². The number of oxime groups is 1. The van der Waals surface area contributed by atoms with Gasteiger partial charge in [0.1, 0.15) is 6.21 Å². The standard InChI is InChI=1S/C17H29N3O4/c1-16(2,3)14-13(24-11-23-9-8-22-7)15(17(4,5)6)20-12(19-14)10-18-21/h10,21H,8-9,11H2,1-7H3. The molecule has 0 amide bonds.